The molecule has 38 heavy (non-hydrogen) atoms. The third kappa shape index (κ3) is 8.30. The van der Waals surface area contributed by atoms with Crippen molar-refractivity contribution in [1.82, 2.24) is 25.1 Å². The molecule has 0 spiro atoms. The second-order valence-corrected chi connectivity index (χ2v) is 9.88. The molecule has 8 nitrogen and oxygen atoms in total. The van der Waals surface area contributed by atoms with E-state index in [1.165, 1.54) is 10.6 Å². The minimum Gasteiger partial charge on any atom is -0.333 e. The van der Waals surface area contributed by atoms with Gasteiger partial charge in [0.1, 0.15) is 12.2 Å². The minimum atomic E-state index is -0.573. The number of terminal acetylenes is 1. The predicted molar refractivity (Wildman–Crippen MR) is 151 cm³/mol. The fourth-order valence-electron chi connectivity index (χ4n) is 4.71. The van der Waals surface area contributed by atoms with E-state index in [2.05, 4.69) is 30.3 Å². The van der Waals surface area contributed by atoms with Gasteiger partial charge in [-0.25, -0.2) is 0 Å². The first-order valence-electron chi connectivity index (χ1n) is 13.3. The maximum Gasteiger partial charge on any atom is 0.245 e. The number of piperazine rings is 1. The van der Waals surface area contributed by atoms with Gasteiger partial charge in [0.15, 0.2) is 0 Å². The first kappa shape index (κ1) is 30.8. The molecule has 2 aliphatic heterocycles. The lowest BCUT2D eigenvalue weighted by Crippen LogP contribution is -2.74. The summed E-state index contributed by atoms with van der Waals surface area (Å²) in [5, 5.41) is 6.14. The third-order valence-electron chi connectivity index (χ3n) is 6.55. The molecule has 8 heteroatoms. The Balaban J connectivity index is 0.000000474. The van der Waals surface area contributed by atoms with Crippen molar-refractivity contribution < 1.29 is 14.4 Å². The average molecular weight is 522 g/mol. The highest BCUT2D eigenvalue weighted by Crippen LogP contribution is 2.29. The van der Waals surface area contributed by atoms with E-state index < -0.39 is 12.2 Å². The summed E-state index contributed by atoms with van der Waals surface area (Å²) in [5.74, 6) is 2.51. The maximum atomic E-state index is 13.3. The summed E-state index contributed by atoms with van der Waals surface area (Å²) in [7, 11) is 1.95. The second kappa shape index (κ2) is 15.8. The number of allylic oxidation sites excluding steroid dienone is 3. The van der Waals surface area contributed by atoms with E-state index in [0.29, 0.717) is 19.4 Å². The number of hydrogen-bond donors (Lipinski definition) is 1. The Morgan fingerprint density at radius 2 is 1.95 bits per heavy atom. The fraction of sp³-hybridized carbons (Fsp3) is 0.500. The van der Waals surface area contributed by atoms with Crippen molar-refractivity contribution in [2.45, 2.75) is 59.3 Å². The van der Waals surface area contributed by atoms with Gasteiger partial charge in [-0.1, -0.05) is 80.8 Å². The Morgan fingerprint density at radius 3 is 2.50 bits per heavy atom. The van der Waals surface area contributed by atoms with E-state index in [1.807, 2.05) is 64.2 Å². The van der Waals surface area contributed by atoms with E-state index in [-0.39, 0.29) is 37.4 Å². The van der Waals surface area contributed by atoms with Crippen LogP contribution in [-0.4, -0.2) is 83.5 Å². The van der Waals surface area contributed by atoms with Gasteiger partial charge >= 0.3 is 0 Å². The SMILES string of the molecule is C#CCN1CC(=O)N2C(CN(C/C(=C/C=C\C)CC)C(=O)[C@@H]2CC(C)C)N1C=O.CNCc1ccccc1. The van der Waals surface area contributed by atoms with Crippen LogP contribution in [0.15, 0.2) is 54.1 Å². The summed E-state index contributed by atoms with van der Waals surface area (Å²) in [6, 6.07) is 9.77. The zero-order chi connectivity index (χ0) is 28.1. The Kier molecular flexibility index (Phi) is 12.8. The van der Waals surface area contributed by atoms with Crippen LogP contribution in [0.5, 0.6) is 0 Å². The highest BCUT2D eigenvalue weighted by Gasteiger charge is 2.49. The molecule has 3 rings (SSSR count). The Bertz CT molecular complexity index is 1010. The van der Waals surface area contributed by atoms with E-state index in [1.54, 1.807) is 14.8 Å². The number of nitrogens with one attached hydrogen (secondary N) is 1. The normalized spacial score (nSPS) is 20.3. The molecule has 0 radical (unpaired) electrons. The van der Waals surface area contributed by atoms with Crippen LogP contribution in [-0.2, 0) is 20.9 Å². The van der Waals surface area contributed by atoms with Crippen LogP contribution >= 0.6 is 0 Å². The molecule has 0 bridgehead atoms. The number of hydrogen-bond acceptors (Lipinski definition) is 5. The van der Waals surface area contributed by atoms with Gasteiger partial charge in [0.25, 0.3) is 0 Å². The van der Waals surface area contributed by atoms with Crippen molar-refractivity contribution in [3.8, 4) is 12.3 Å². The van der Waals surface area contributed by atoms with Gasteiger partial charge in [0, 0.05) is 13.1 Å². The maximum absolute atomic E-state index is 13.3. The molecule has 2 saturated heterocycles. The summed E-state index contributed by atoms with van der Waals surface area (Å²) in [4.78, 5) is 41.5. The zero-order valence-electron chi connectivity index (χ0n) is 23.5. The van der Waals surface area contributed by atoms with Gasteiger partial charge in [-0.3, -0.25) is 19.4 Å². The van der Waals surface area contributed by atoms with Gasteiger partial charge in [0.05, 0.1) is 19.6 Å². The van der Waals surface area contributed by atoms with E-state index in [4.69, 9.17) is 6.42 Å². The lowest BCUT2D eigenvalue weighted by atomic mass is 9.96. The summed E-state index contributed by atoms with van der Waals surface area (Å²) >= 11 is 0. The monoisotopic (exact) mass is 521 g/mol. The zero-order valence-corrected chi connectivity index (χ0v) is 23.5. The molecule has 3 amide bonds. The number of carbonyl (C=O) groups is 3. The highest BCUT2D eigenvalue weighted by molar-refractivity contribution is 5.91. The number of amides is 3. The summed E-state index contributed by atoms with van der Waals surface area (Å²) in [5.41, 5.74) is 2.45. The van der Waals surface area contributed by atoms with Crippen molar-refractivity contribution in [2.75, 3.05) is 33.2 Å². The fourth-order valence-corrected chi connectivity index (χ4v) is 4.71. The summed E-state index contributed by atoms with van der Waals surface area (Å²) in [6.45, 7) is 9.94. The largest absolute Gasteiger partial charge is 0.333 e. The standard InChI is InChI=1S/C22H32N4O3.C8H11N/c1-6-9-10-18(8-3)13-23-14-20-25(16-27)24(11-7-2)15-21(28)26(20)19(22(23)29)12-17(4)5;1-9-7-8-5-3-2-4-6-8/h2,6,9-10,16-17,19-20H,8,11-15H2,1,3-5H3;2-6,9H,7H2,1H3/b9-6-,18-10+;/t19-,20?;/m0./s1. The first-order valence-corrected chi connectivity index (χ1v) is 13.3. The van der Waals surface area contributed by atoms with E-state index in [0.717, 1.165) is 18.5 Å². The second-order valence-electron chi connectivity index (χ2n) is 9.88. The molecule has 2 atom stereocenters. The number of carbonyl (C=O) groups excluding carboxylic acids is 3. The molecule has 1 aromatic carbocycles. The number of nitrogens with zero attached hydrogens (tertiary/aromatic N) is 4. The smallest absolute Gasteiger partial charge is 0.245 e. The van der Waals surface area contributed by atoms with Gasteiger partial charge in [-0.15, -0.1) is 6.42 Å². The van der Waals surface area contributed by atoms with Gasteiger partial charge < -0.3 is 15.1 Å². The molecular weight excluding hydrogens is 478 g/mol. The van der Waals surface area contributed by atoms with Crippen LogP contribution < -0.4 is 5.32 Å². The quantitative estimate of drug-likeness (QED) is 0.291. The highest BCUT2D eigenvalue weighted by atomic mass is 16.2. The molecule has 0 aliphatic carbocycles. The molecular formula is C30H43N5O3. The van der Waals surface area contributed by atoms with E-state index >= 15 is 0 Å². The predicted octanol–water partition coefficient (Wildman–Crippen LogP) is 3.04. The molecule has 2 fully saturated rings. The van der Waals surface area contributed by atoms with Crippen molar-refractivity contribution in [1.29, 1.82) is 0 Å². The van der Waals surface area contributed by atoms with Crippen LogP contribution in [0.3, 0.4) is 0 Å². The minimum absolute atomic E-state index is 0.00270. The van der Waals surface area contributed by atoms with Crippen molar-refractivity contribution in [2.24, 2.45) is 5.92 Å². The Morgan fingerprint density at radius 1 is 1.24 bits per heavy atom. The van der Waals surface area contributed by atoms with Crippen LogP contribution in [0, 0.1) is 18.3 Å². The molecule has 1 aromatic rings. The van der Waals surface area contributed by atoms with Crippen LogP contribution in [0.25, 0.3) is 0 Å². The molecule has 206 valence electrons. The van der Waals surface area contributed by atoms with Crippen LogP contribution in [0.1, 0.15) is 46.1 Å². The molecule has 0 aromatic heterocycles. The lowest BCUT2D eigenvalue weighted by Gasteiger charge is -2.54. The van der Waals surface area contributed by atoms with Gasteiger partial charge in [0.2, 0.25) is 18.2 Å². The van der Waals surface area contributed by atoms with Crippen LogP contribution in [0.4, 0.5) is 0 Å². The molecule has 0 saturated carbocycles. The average Bonchev–Trinajstić information content (AvgIpc) is 2.90. The number of fused-ring (bicyclic) bond motifs is 1. The topological polar surface area (TPSA) is 76.2 Å². The summed E-state index contributed by atoms with van der Waals surface area (Å²) < 4.78 is 0. The molecule has 1 unspecified atom stereocenters. The molecule has 2 heterocycles. The van der Waals surface area contributed by atoms with Crippen molar-refractivity contribution >= 4 is 18.2 Å². The Hall–Kier alpha value is -3.41. The van der Waals surface area contributed by atoms with Crippen molar-refractivity contribution in [3.63, 3.8) is 0 Å². The number of rotatable bonds is 10. The summed E-state index contributed by atoms with van der Waals surface area (Å²) in [6.07, 6.45) is 12.9. The van der Waals surface area contributed by atoms with Crippen molar-refractivity contribution in [3.05, 3.63) is 59.7 Å². The van der Waals surface area contributed by atoms with Gasteiger partial charge in [-0.05, 0) is 38.3 Å². The molecule has 2 aliphatic rings. The lowest BCUT2D eigenvalue weighted by molar-refractivity contribution is -0.198. The van der Waals surface area contributed by atoms with Crippen LogP contribution in [0.2, 0.25) is 0 Å². The number of benzene rings is 1. The van der Waals surface area contributed by atoms with E-state index in [9.17, 15) is 14.4 Å². The Labute approximate surface area is 228 Å². The number of hydrazine groups is 1. The third-order valence-corrected chi connectivity index (χ3v) is 6.55. The first-order chi connectivity index (χ1) is 18.3. The van der Waals surface area contributed by atoms with Gasteiger partial charge in [-0.2, -0.15) is 5.01 Å². The molecule has 1 N–H and O–H groups in total.